The first-order valence-corrected chi connectivity index (χ1v) is 16.0. The van der Waals surface area contributed by atoms with E-state index >= 15 is 0 Å². The molecule has 0 saturated carbocycles. The fourth-order valence-corrected chi connectivity index (χ4v) is 6.77. The molecule has 1 unspecified atom stereocenters. The number of thioether (sulfide) groups is 1. The van der Waals surface area contributed by atoms with Crippen LogP contribution in [-0.2, 0) is 10.5 Å². The largest absolute Gasteiger partial charge is 0.503 e. The minimum atomic E-state index is -0.986. The maximum absolute atomic E-state index is 13.9. The van der Waals surface area contributed by atoms with Crippen molar-refractivity contribution in [1.82, 2.24) is 10.2 Å². The predicted molar refractivity (Wildman–Crippen MR) is 168 cm³/mol. The number of para-hydroxylation sites is 1. The van der Waals surface area contributed by atoms with Crippen LogP contribution in [0.15, 0.2) is 99.0 Å². The number of rotatable bonds is 12. The van der Waals surface area contributed by atoms with Crippen molar-refractivity contribution in [3.05, 3.63) is 113 Å². The molecule has 0 aliphatic carbocycles. The molecule has 0 bridgehead atoms. The summed E-state index contributed by atoms with van der Waals surface area (Å²) in [4.78, 5) is 28.8. The lowest BCUT2D eigenvalue weighted by Gasteiger charge is -2.24. The summed E-state index contributed by atoms with van der Waals surface area (Å²) in [5.74, 6) is -1.16. The topological polar surface area (TPSA) is 106 Å². The van der Waals surface area contributed by atoms with Gasteiger partial charge >= 0.3 is 0 Å². The fourth-order valence-electron chi connectivity index (χ4n) is 4.95. The number of aliphatic hydroxyl groups is 1. The number of carbonyl (C=O) groups is 2. The SMILES string of the molecule is CCCCCOc1ccc(C2C(C(=O)c3cc4ccccc4o3)=C(O)C(=O)N2c2nnc(SCc3ccc(F)cc3)s2)cc1. The number of unbranched alkanes of at least 4 members (excludes halogenated alkanes) is 2. The third-order valence-corrected chi connectivity index (χ3v) is 9.32. The molecule has 224 valence electrons. The second-order valence-corrected chi connectivity index (χ2v) is 12.4. The molecule has 0 spiro atoms. The van der Waals surface area contributed by atoms with Gasteiger partial charge < -0.3 is 14.3 Å². The predicted octanol–water partition coefficient (Wildman–Crippen LogP) is 8.07. The van der Waals surface area contributed by atoms with E-state index < -0.39 is 23.5 Å². The van der Waals surface area contributed by atoms with Crippen molar-refractivity contribution in [2.45, 2.75) is 42.3 Å². The molecule has 1 aliphatic heterocycles. The highest BCUT2D eigenvalue weighted by atomic mass is 32.2. The summed E-state index contributed by atoms with van der Waals surface area (Å²) in [5.41, 5.74) is 1.89. The molecule has 3 heterocycles. The average Bonchev–Trinajstić information content (AvgIpc) is 3.75. The van der Waals surface area contributed by atoms with E-state index in [-0.39, 0.29) is 22.3 Å². The zero-order valence-corrected chi connectivity index (χ0v) is 25.4. The van der Waals surface area contributed by atoms with Gasteiger partial charge in [-0.15, -0.1) is 10.2 Å². The summed E-state index contributed by atoms with van der Waals surface area (Å²) in [5, 5.41) is 20.6. The van der Waals surface area contributed by atoms with Crippen molar-refractivity contribution in [3.8, 4) is 5.75 Å². The van der Waals surface area contributed by atoms with E-state index in [1.54, 1.807) is 54.6 Å². The number of benzene rings is 3. The lowest BCUT2D eigenvalue weighted by atomic mass is 9.95. The summed E-state index contributed by atoms with van der Waals surface area (Å²) in [6.07, 6.45) is 3.10. The minimum absolute atomic E-state index is 0.0103. The second-order valence-electron chi connectivity index (χ2n) is 10.2. The van der Waals surface area contributed by atoms with Gasteiger partial charge in [0.1, 0.15) is 17.1 Å². The summed E-state index contributed by atoms with van der Waals surface area (Å²) in [6.45, 7) is 2.71. The van der Waals surface area contributed by atoms with E-state index in [1.807, 2.05) is 12.1 Å². The third kappa shape index (κ3) is 6.11. The summed E-state index contributed by atoms with van der Waals surface area (Å²) >= 11 is 2.55. The monoisotopic (exact) mass is 629 g/mol. The van der Waals surface area contributed by atoms with Crippen LogP contribution in [0.1, 0.15) is 53.9 Å². The Morgan fingerprint density at radius 3 is 2.59 bits per heavy atom. The number of anilines is 1. The van der Waals surface area contributed by atoms with Crippen LogP contribution >= 0.6 is 23.1 Å². The smallest absolute Gasteiger partial charge is 0.296 e. The molecule has 8 nitrogen and oxygen atoms in total. The van der Waals surface area contributed by atoms with Gasteiger partial charge in [0.2, 0.25) is 10.9 Å². The first-order valence-electron chi connectivity index (χ1n) is 14.2. The number of hydrogen-bond donors (Lipinski definition) is 1. The summed E-state index contributed by atoms with van der Waals surface area (Å²) in [6, 6.07) is 21.1. The number of amides is 1. The van der Waals surface area contributed by atoms with Gasteiger partial charge in [-0.3, -0.25) is 14.5 Å². The van der Waals surface area contributed by atoms with Crippen LogP contribution in [0.2, 0.25) is 0 Å². The van der Waals surface area contributed by atoms with Gasteiger partial charge in [-0.2, -0.15) is 0 Å². The quantitative estimate of drug-likeness (QED) is 0.0639. The Morgan fingerprint density at radius 1 is 1.07 bits per heavy atom. The van der Waals surface area contributed by atoms with Crippen LogP contribution in [-0.4, -0.2) is 33.6 Å². The Bertz CT molecular complexity index is 1800. The number of ether oxygens (including phenoxy) is 1. The normalized spacial score (nSPS) is 15.0. The van der Waals surface area contributed by atoms with Crippen LogP contribution in [0.4, 0.5) is 9.52 Å². The standard InChI is InChI=1S/C33H28FN3O5S2/c1-2-3-6-17-41-24-15-11-21(12-16-24)28-27(29(38)26-18-22-7-4-5-8-25(22)42-26)30(39)31(40)37(28)32-35-36-33(44-32)43-19-20-9-13-23(34)14-10-20/h4-5,7-16,18,28,39H,2-3,6,17,19H2,1H3. The van der Waals surface area contributed by atoms with E-state index in [2.05, 4.69) is 17.1 Å². The van der Waals surface area contributed by atoms with Crippen molar-refractivity contribution in [3.63, 3.8) is 0 Å². The van der Waals surface area contributed by atoms with Gasteiger partial charge in [-0.25, -0.2) is 4.39 Å². The molecular weight excluding hydrogens is 602 g/mol. The molecule has 0 saturated heterocycles. The number of ketones is 1. The number of Topliss-reactive ketones (excluding diaryl/α,β-unsaturated/α-hetero) is 1. The maximum atomic E-state index is 13.9. The van der Waals surface area contributed by atoms with Crippen molar-refractivity contribution in [2.24, 2.45) is 0 Å². The van der Waals surface area contributed by atoms with Gasteiger partial charge in [0.15, 0.2) is 15.9 Å². The molecule has 3 aromatic carbocycles. The molecule has 1 N–H and O–H groups in total. The Morgan fingerprint density at radius 2 is 1.84 bits per heavy atom. The van der Waals surface area contributed by atoms with E-state index in [0.717, 1.165) is 41.5 Å². The van der Waals surface area contributed by atoms with Crippen LogP contribution in [0, 0.1) is 5.82 Å². The highest BCUT2D eigenvalue weighted by Crippen LogP contribution is 2.44. The first-order chi connectivity index (χ1) is 21.4. The molecule has 1 atom stereocenters. The molecule has 5 aromatic rings. The third-order valence-electron chi connectivity index (χ3n) is 7.19. The van der Waals surface area contributed by atoms with Crippen LogP contribution < -0.4 is 9.64 Å². The lowest BCUT2D eigenvalue weighted by Crippen LogP contribution is -2.31. The van der Waals surface area contributed by atoms with Crippen molar-refractivity contribution in [2.75, 3.05) is 11.5 Å². The zero-order valence-electron chi connectivity index (χ0n) is 23.7. The van der Waals surface area contributed by atoms with Gasteiger partial charge in [0.05, 0.1) is 18.2 Å². The molecule has 44 heavy (non-hydrogen) atoms. The highest BCUT2D eigenvalue weighted by molar-refractivity contribution is 8.00. The number of fused-ring (bicyclic) bond motifs is 1. The van der Waals surface area contributed by atoms with Crippen molar-refractivity contribution < 1.29 is 28.2 Å². The van der Waals surface area contributed by atoms with Gasteiger partial charge in [0.25, 0.3) is 5.91 Å². The number of carbonyl (C=O) groups excluding carboxylic acids is 2. The lowest BCUT2D eigenvalue weighted by molar-refractivity contribution is -0.117. The van der Waals surface area contributed by atoms with E-state index in [9.17, 15) is 19.1 Å². The second kappa shape index (κ2) is 13.0. The molecule has 0 radical (unpaired) electrons. The van der Waals surface area contributed by atoms with Gasteiger partial charge in [-0.1, -0.05) is 85.3 Å². The number of nitrogens with zero attached hydrogens (tertiary/aromatic N) is 3. The Kier molecular flexibility index (Phi) is 8.76. The zero-order chi connectivity index (χ0) is 30.6. The minimum Gasteiger partial charge on any atom is -0.503 e. The molecule has 6 rings (SSSR count). The Hall–Kier alpha value is -4.48. The molecule has 2 aromatic heterocycles. The molecule has 0 fully saturated rings. The van der Waals surface area contributed by atoms with Gasteiger partial charge in [-0.05, 0) is 53.9 Å². The van der Waals surface area contributed by atoms with Crippen molar-refractivity contribution >= 4 is 50.9 Å². The van der Waals surface area contributed by atoms with Crippen LogP contribution in [0.25, 0.3) is 11.0 Å². The first kappa shape index (κ1) is 29.6. The Balaban J connectivity index is 1.32. The van der Waals surface area contributed by atoms with Crippen molar-refractivity contribution in [1.29, 1.82) is 0 Å². The Labute approximate surface area is 261 Å². The van der Waals surface area contributed by atoms with Gasteiger partial charge in [0, 0.05) is 11.1 Å². The fraction of sp³-hybridized carbons (Fsp3) is 0.212. The number of aromatic nitrogens is 2. The molecule has 1 aliphatic rings. The van der Waals surface area contributed by atoms with E-state index in [1.165, 1.54) is 28.8 Å². The molecular formula is C33H28FN3O5S2. The van der Waals surface area contributed by atoms with Crippen LogP contribution in [0.5, 0.6) is 5.75 Å². The summed E-state index contributed by atoms with van der Waals surface area (Å²) in [7, 11) is 0. The van der Waals surface area contributed by atoms with E-state index in [0.29, 0.717) is 33.6 Å². The van der Waals surface area contributed by atoms with Crippen LogP contribution in [0.3, 0.4) is 0 Å². The summed E-state index contributed by atoms with van der Waals surface area (Å²) < 4.78 is 25.6. The number of aliphatic hydroxyl groups excluding tert-OH is 1. The average molecular weight is 630 g/mol. The number of halogens is 1. The number of hydrogen-bond acceptors (Lipinski definition) is 9. The molecule has 1 amide bonds. The molecule has 11 heteroatoms. The number of furan rings is 1. The maximum Gasteiger partial charge on any atom is 0.296 e. The highest BCUT2D eigenvalue weighted by Gasteiger charge is 2.46. The van der Waals surface area contributed by atoms with E-state index in [4.69, 9.17) is 9.15 Å².